The van der Waals surface area contributed by atoms with Crippen LogP contribution >= 0.6 is 0 Å². The summed E-state index contributed by atoms with van der Waals surface area (Å²) < 4.78 is 12.3. The number of amides is 1. The molecule has 0 aliphatic carbocycles. The largest absolute Gasteiger partial charge is 0.493 e. The van der Waals surface area contributed by atoms with Gasteiger partial charge in [0.15, 0.2) is 18.1 Å². The molecule has 1 N–H and O–H groups in total. The summed E-state index contributed by atoms with van der Waals surface area (Å²) in [4.78, 5) is 22.8. The summed E-state index contributed by atoms with van der Waals surface area (Å²) >= 11 is 0. The minimum absolute atomic E-state index is 0.136. The van der Waals surface area contributed by atoms with Crippen molar-refractivity contribution in [3.63, 3.8) is 0 Å². The molecule has 0 aliphatic heterocycles. The van der Waals surface area contributed by atoms with E-state index in [0.717, 1.165) is 0 Å². The molecule has 7 nitrogen and oxygen atoms in total. The molecule has 122 valence electrons. The van der Waals surface area contributed by atoms with Crippen molar-refractivity contribution >= 4 is 18.0 Å². The zero-order valence-corrected chi connectivity index (χ0v) is 13.3. The van der Waals surface area contributed by atoms with Gasteiger partial charge >= 0.3 is 0 Å². The van der Waals surface area contributed by atoms with E-state index >= 15 is 0 Å². The van der Waals surface area contributed by atoms with Crippen LogP contribution in [-0.4, -0.2) is 35.7 Å². The smallest absolute Gasteiger partial charge is 0.263 e. The number of aldehydes is 1. The van der Waals surface area contributed by atoms with Crippen molar-refractivity contribution in [1.82, 2.24) is 9.78 Å². The second-order valence-corrected chi connectivity index (χ2v) is 5.12. The number of hydrogen-bond acceptors (Lipinski definition) is 5. The lowest BCUT2D eigenvalue weighted by Crippen LogP contribution is -2.22. The third-order valence-corrected chi connectivity index (χ3v) is 3.11. The molecule has 1 aromatic heterocycles. The summed E-state index contributed by atoms with van der Waals surface area (Å²) in [7, 11) is 1.47. The van der Waals surface area contributed by atoms with E-state index in [2.05, 4.69) is 10.4 Å². The van der Waals surface area contributed by atoms with Crippen LogP contribution in [0.25, 0.3) is 0 Å². The average Bonchev–Trinajstić information content (AvgIpc) is 3.01. The number of hydrogen-bond donors (Lipinski definition) is 1. The summed E-state index contributed by atoms with van der Waals surface area (Å²) in [5, 5.41) is 6.88. The number of carbonyl (C=O) groups excluding carboxylic acids is 2. The van der Waals surface area contributed by atoms with Crippen molar-refractivity contribution in [2.24, 2.45) is 0 Å². The monoisotopic (exact) mass is 317 g/mol. The number of aromatic nitrogens is 2. The molecule has 23 heavy (non-hydrogen) atoms. The fourth-order valence-electron chi connectivity index (χ4n) is 2.02. The number of nitrogens with one attached hydrogen (secondary N) is 1. The Hall–Kier alpha value is -2.83. The minimum Gasteiger partial charge on any atom is -0.493 e. The number of ether oxygens (including phenoxy) is 2. The van der Waals surface area contributed by atoms with Crippen molar-refractivity contribution in [3.05, 3.63) is 36.0 Å². The number of benzene rings is 1. The quantitative estimate of drug-likeness (QED) is 0.792. The molecule has 0 atom stereocenters. The number of nitrogens with zero attached hydrogens (tertiary/aromatic N) is 2. The van der Waals surface area contributed by atoms with Gasteiger partial charge in [0, 0.05) is 17.7 Å². The van der Waals surface area contributed by atoms with Gasteiger partial charge in [0.2, 0.25) is 0 Å². The van der Waals surface area contributed by atoms with Crippen molar-refractivity contribution < 1.29 is 19.1 Å². The van der Waals surface area contributed by atoms with Crippen LogP contribution in [0.2, 0.25) is 0 Å². The van der Waals surface area contributed by atoms with Crippen LogP contribution in [0.15, 0.2) is 30.5 Å². The van der Waals surface area contributed by atoms with Gasteiger partial charge < -0.3 is 14.8 Å². The van der Waals surface area contributed by atoms with Gasteiger partial charge in [-0.15, -0.1) is 0 Å². The molecule has 2 aromatic rings. The van der Waals surface area contributed by atoms with Gasteiger partial charge in [0.25, 0.3) is 5.91 Å². The van der Waals surface area contributed by atoms with Gasteiger partial charge in [0.05, 0.1) is 13.3 Å². The molecule has 0 saturated carbocycles. The Morgan fingerprint density at radius 3 is 2.78 bits per heavy atom. The Labute approximate surface area is 134 Å². The van der Waals surface area contributed by atoms with Crippen LogP contribution in [-0.2, 0) is 4.79 Å². The van der Waals surface area contributed by atoms with E-state index < -0.39 is 0 Å². The van der Waals surface area contributed by atoms with E-state index in [1.165, 1.54) is 7.11 Å². The van der Waals surface area contributed by atoms with Crippen LogP contribution in [0.4, 0.5) is 5.82 Å². The van der Waals surface area contributed by atoms with Crippen LogP contribution < -0.4 is 14.8 Å². The standard InChI is InChI=1S/C16H19N3O4/c1-11(2)19-15(6-7-17-19)18-16(21)10-23-13-5-4-12(9-20)8-14(13)22-3/h4-9,11H,10H2,1-3H3,(H,18,21). The molecule has 1 heterocycles. The van der Waals surface area contributed by atoms with Crippen LogP contribution in [0.1, 0.15) is 30.2 Å². The summed E-state index contributed by atoms with van der Waals surface area (Å²) in [5.74, 6) is 1.09. The summed E-state index contributed by atoms with van der Waals surface area (Å²) in [6, 6.07) is 6.59. The van der Waals surface area contributed by atoms with Crippen molar-refractivity contribution in [1.29, 1.82) is 0 Å². The van der Waals surface area contributed by atoms with Crippen molar-refractivity contribution in [2.75, 3.05) is 19.0 Å². The molecule has 0 fully saturated rings. The topological polar surface area (TPSA) is 82.4 Å². The lowest BCUT2D eigenvalue weighted by atomic mass is 10.2. The predicted octanol–water partition coefficient (Wildman–Crippen LogP) is 2.30. The number of methoxy groups -OCH3 is 1. The Kier molecular flexibility index (Phi) is 5.35. The summed E-state index contributed by atoms with van der Waals surface area (Å²) in [6.45, 7) is 3.76. The second-order valence-electron chi connectivity index (χ2n) is 5.12. The Morgan fingerprint density at radius 1 is 1.35 bits per heavy atom. The molecule has 0 bridgehead atoms. The zero-order valence-electron chi connectivity index (χ0n) is 13.3. The highest BCUT2D eigenvalue weighted by Gasteiger charge is 2.12. The lowest BCUT2D eigenvalue weighted by molar-refractivity contribution is -0.118. The van der Waals surface area contributed by atoms with E-state index in [1.54, 1.807) is 35.1 Å². The SMILES string of the molecule is COc1cc(C=O)ccc1OCC(=O)Nc1ccnn1C(C)C. The maximum absolute atomic E-state index is 12.0. The van der Waals surface area contributed by atoms with Crippen molar-refractivity contribution in [2.45, 2.75) is 19.9 Å². The average molecular weight is 317 g/mol. The summed E-state index contributed by atoms with van der Waals surface area (Å²) in [6.07, 6.45) is 2.34. The molecule has 0 aliphatic rings. The molecule has 0 spiro atoms. The first-order chi connectivity index (χ1) is 11.0. The highest BCUT2D eigenvalue weighted by Crippen LogP contribution is 2.27. The predicted molar refractivity (Wildman–Crippen MR) is 85.1 cm³/mol. The molecule has 1 aromatic carbocycles. The molecule has 0 saturated heterocycles. The number of anilines is 1. The molecular formula is C16H19N3O4. The normalized spacial score (nSPS) is 10.4. The molecule has 1 amide bonds. The maximum atomic E-state index is 12.0. The van der Waals surface area contributed by atoms with Crippen LogP contribution in [0.5, 0.6) is 11.5 Å². The third-order valence-electron chi connectivity index (χ3n) is 3.11. The van der Waals surface area contributed by atoms with E-state index in [0.29, 0.717) is 29.2 Å². The number of rotatable bonds is 7. The Bertz CT molecular complexity index is 694. The van der Waals surface area contributed by atoms with Gasteiger partial charge in [-0.25, -0.2) is 4.68 Å². The second kappa shape index (κ2) is 7.44. The van der Waals surface area contributed by atoms with Crippen molar-refractivity contribution in [3.8, 4) is 11.5 Å². The fraction of sp³-hybridized carbons (Fsp3) is 0.312. The van der Waals surface area contributed by atoms with E-state index in [9.17, 15) is 9.59 Å². The Morgan fingerprint density at radius 2 is 2.13 bits per heavy atom. The lowest BCUT2D eigenvalue weighted by Gasteiger charge is -2.13. The van der Waals surface area contributed by atoms with Gasteiger partial charge in [-0.3, -0.25) is 9.59 Å². The van der Waals surface area contributed by atoms with E-state index in [4.69, 9.17) is 9.47 Å². The first-order valence-electron chi connectivity index (χ1n) is 7.14. The van der Waals surface area contributed by atoms with Crippen LogP contribution in [0.3, 0.4) is 0 Å². The Balaban J connectivity index is 1.99. The molecule has 7 heteroatoms. The third kappa shape index (κ3) is 4.09. The first kappa shape index (κ1) is 16.5. The van der Waals surface area contributed by atoms with E-state index in [-0.39, 0.29) is 18.6 Å². The van der Waals surface area contributed by atoms with E-state index in [1.807, 2.05) is 13.8 Å². The van der Waals surface area contributed by atoms with Gasteiger partial charge in [-0.2, -0.15) is 5.10 Å². The highest BCUT2D eigenvalue weighted by molar-refractivity contribution is 5.91. The maximum Gasteiger partial charge on any atom is 0.263 e. The summed E-state index contributed by atoms with van der Waals surface area (Å²) in [5.41, 5.74) is 0.472. The minimum atomic E-state index is -0.311. The highest BCUT2D eigenvalue weighted by atomic mass is 16.5. The molecular weight excluding hydrogens is 298 g/mol. The number of carbonyl (C=O) groups is 2. The van der Waals surface area contributed by atoms with Gasteiger partial charge in [-0.05, 0) is 32.0 Å². The van der Waals surface area contributed by atoms with Crippen LogP contribution in [0, 0.1) is 0 Å². The van der Waals surface area contributed by atoms with Gasteiger partial charge in [-0.1, -0.05) is 0 Å². The molecule has 0 unspecified atom stereocenters. The first-order valence-corrected chi connectivity index (χ1v) is 7.14. The molecule has 0 radical (unpaired) electrons. The van der Waals surface area contributed by atoms with Gasteiger partial charge in [0.1, 0.15) is 12.1 Å². The fourth-order valence-corrected chi connectivity index (χ4v) is 2.02. The zero-order chi connectivity index (χ0) is 16.8. The molecule has 2 rings (SSSR count).